The number of carbonyl (C=O) groups is 1. The Morgan fingerprint density at radius 1 is 0.857 bits per heavy atom. The Kier molecular flexibility index (Phi) is 5.48. The van der Waals surface area contributed by atoms with Crippen molar-refractivity contribution in [2.45, 2.75) is 6.92 Å². The van der Waals surface area contributed by atoms with Crippen LogP contribution in [0.1, 0.15) is 15.4 Å². The molecule has 0 radical (unpaired) electrons. The zero-order valence-corrected chi connectivity index (χ0v) is 20.4. The number of aryl methyl sites for hydroxylation is 1. The van der Waals surface area contributed by atoms with Crippen LogP contribution in [0, 0.1) is 6.92 Å². The number of hydrogen-bond acceptors (Lipinski definition) is 5. The zero-order chi connectivity index (χ0) is 23.8. The van der Waals surface area contributed by atoms with Gasteiger partial charge in [0.05, 0.1) is 22.0 Å². The van der Waals surface area contributed by atoms with Crippen molar-refractivity contribution in [1.82, 2.24) is 14.8 Å². The van der Waals surface area contributed by atoms with Crippen LogP contribution in [0.25, 0.3) is 38.3 Å². The fourth-order valence-corrected chi connectivity index (χ4v) is 5.78. The van der Waals surface area contributed by atoms with Crippen molar-refractivity contribution in [3.05, 3.63) is 107 Å². The molecule has 0 fully saturated rings. The molecule has 0 aliphatic rings. The highest BCUT2D eigenvalue weighted by atomic mass is 32.1. The van der Waals surface area contributed by atoms with Gasteiger partial charge in [-0.3, -0.25) is 10.1 Å². The van der Waals surface area contributed by atoms with E-state index in [-0.39, 0.29) is 5.91 Å². The van der Waals surface area contributed by atoms with Gasteiger partial charge in [-0.05, 0) is 36.2 Å². The third kappa shape index (κ3) is 4.16. The molecule has 1 N–H and O–H groups in total. The third-order valence-electron chi connectivity index (χ3n) is 5.78. The van der Waals surface area contributed by atoms with Crippen molar-refractivity contribution in [3.63, 3.8) is 0 Å². The van der Waals surface area contributed by atoms with E-state index in [2.05, 4.69) is 51.8 Å². The first kappa shape index (κ1) is 21.5. The highest BCUT2D eigenvalue weighted by Gasteiger charge is 2.18. The number of hydrogen-bond donors (Lipinski definition) is 1. The highest BCUT2D eigenvalue weighted by molar-refractivity contribution is 7.20. The maximum Gasteiger partial charge on any atom is 0.267 e. The van der Waals surface area contributed by atoms with E-state index in [1.54, 1.807) is 0 Å². The van der Waals surface area contributed by atoms with Crippen LogP contribution < -0.4 is 5.32 Å². The number of amides is 1. The molecule has 0 aliphatic heterocycles. The van der Waals surface area contributed by atoms with Gasteiger partial charge in [-0.2, -0.15) is 5.10 Å². The number of thiophene rings is 1. The predicted octanol–water partition coefficient (Wildman–Crippen LogP) is 7.44. The minimum atomic E-state index is -0.162. The normalized spacial score (nSPS) is 11.1. The van der Waals surface area contributed by atoms with Crippen LogP contribution in [-0.2, 0) is 0 Å². The second-order valence-electron chi connectivity index (χ2n) is 8.10. The van der Waals surface area contributed by atoms with E-state index in [9.17, 15) is 4.79 Å². The molecule has 3 aromatic carbocycles. The van der Waals surface area contributed by atoms with Crippen LogP contribution in [0.15, 0.2) is 96.4 Å². The van der Waals surface area contributed by atoms with Gasteiger partial charge in [0.2, 0.25) is 0 Å². The average molecular weight is 493 g/mol. The Hall–Kier alpha value is -4.07. The standard InChI is InChI=1S/C28H20N4OS2/c1-18-23-16-25(35-27(23)32(31-18)22-10-6-3-7-11-22)26(33)30-28-29-24(17-34-28)21-14-12-20(13-15-21)19-8-4-2-5-9-19/h2-17H,1H3,(H,29,30,33). The smallest absolute Gasteiger partial charge is 0.267 e. The lowest BCUT2D eigenvalue weighted by molar-refractivity contribution is 0.103. The number of rotatable bonds is 5. The maximum absolute atomic E-state index is 13.0. The second kappa shape index (κ2) is 8.94. The van der Waals surface area contributed by atoms with Gasteiger partial charge in [-0.25, -0.2) is 9.67 Å². The monoisotopic (exact) mass is 492 g/mol. The number of carbonyl (C=O) groups excluding carboxylic acids is 1. The van der Waals surface area contributed by atoms with E-state index < -0.39 is 0 Å². The molecular formula is C28H20N4OS2. The molecular weight excluding hydrogens is 472 g/mol. The van der Waals surface area contributed by atoms with Crippen LogP contribution in [0.4, 0.5) is 5.13 Å². The Morgan fingerprint density at radius 2 is 1.51 bits per heavy atom. The van der Waals surface area contributed by atoms with Gasteiger partial charge in [0, 0.05) is 16.3 Å². The van der Waals surface area contributed by atoms with Gasteiger partial charge in [-0.1, -0.05) is 72.8 Å². The van der Waals surface area contributed by atoms with Gasteiger partial charge < -0.3 is 0 Å². The number of fused-ring (bicyclic) bond motifs is 1. The molecule has 0 saturated heterocycles. The summed E-state index contributed by atoms with van der Waals surface area (Å²) < 4.78 is 1.90. The molecule has 7 heteroatoms. The minimum Gasteiger partial charge on any atom is -0.297 e. The number of nitrogens with one attached hydrogen (secondary N) is 1. The first-order valence-corrected chi connectivity index (χ1v) is 12.8. The van der Waals surface area contributed by atoms with E-state index >= 15 is 0 Å². The Labute approximate surface area is 210 Å². The quantitative estimate of drug-likeness (QED) is 0.272. The van der Waals surface area contributed by atoms with Crippen LogP contribution in [0.3, 0.4) is 0 Å². The van der Waals surface area contributed by atoms with Crippen molar-refractivity contribution in [2.75, 3.05) is 5.32 Å². The second-order valence-corrected chi connectivity index (χ2v) is 9.99. The molecule has 3 aromatic heterocycles. The Bertz CT molecular complexity index is 1630. The van der Waals surface area contributed by atoms with Gasteiger partial charge in [0.15, 0.2) is 5.13 Å². The number of aromatic nitrogens is 3. The van der Waals surface area contributed by atoms with Crippen molar-refractivity contribution >= 4 is 43.9 Å². The third-order valence-corrected chi connectivity index (χ3v) is 7.65. The molecule has 6 aromatic rings. The lowest BCUT2D eigenvalue weighted by Crippen LogP contribution is -2.09. The summed E-state index contributed by atoms with van der Waals surface area (Å²) >= 11 is 2.86. The molecule has 6 rings (SSSR count). The summed E-state index contributed by atoms with van der Waals surface area (Å²) in [5, 5.41) is 11.2. The average Bonchev–Trinajstić information content (AvgIpc) is 3.62. The number of para-hydroxylation sites is 1. The van der Waals surface area contributed by atoms with E-state index in [0.29, 0.717) is 10.0 Å². The summed E-state index contributed by atoms with van der Waals surface area (Å²) in [6, 6.07) is 30.5. The number of thiazole rings is 1. The zero-order valence-electron chi connectivity index (χ0n) is 18.8. The molecule has 35 heavy (non-hydrogen) atoms. The minimum absolute atomic E-state index is 0.162. The first-order chi connectivity index (χ1) is 17.2. The molecule has 0 aliphatic carbocycles. The molecule has 5 nitrogen and oxygen atoms in total. The summed E-state index contributed by atoms with van der Waals surface area (Å²) in [5.74, 6) is -0.162. The first-order valence-electron chi connectivity index (χ1n) is 11.1. The highest BCUT2D eigenvalue weighted by Crippen LogP contribution is 2.32. The van der Waals surface area contributed by atoms with Crippen molar-refractivity contribution < 1.29 is 4.79 Å². The van der Waals surface area contributed by atoms with Crippen LogP contribution in [0.5, 0.6) is 0 Å². The van der Waals surface area contributed by atoms with E-state index in [1.807, 2.05) is 71.6 Å². The van der Waals surface area contributed by atoms with Gasteiger partial charge >= 0.3 is 0 Å². The molecule has 0 saturated carbocycles. The fraction of sp³-hybridized carbons (Fsp3) is 0.0357. The van der Waals surface area contributed by atoms with E-state index in [4.69, 9.17) is 0 Å². The van der Waals surface area contributed by atoms with Crippen molar-refractivity contribution in [3.8, 4) is 28.1 Å². The maximum atomic E-state index is 13.0. The summed E-state index contributed by atoms with van der Waals surface area (Å²) in [5.41, 5.74) is 6.07. The summed E-state index contributed by atoms with van der Waals surface area (Å²) in [6.07, 6.45) is 0. The van der Waals surface area contributed by atoms with Gasteiger partial charge in [0.25, 0.3) is 5.91 Å². The van der Waals surface area contributed by atoms with Crippen LogP contribution >= 0.6 is 22.7 Å². The molecule has 170 valence electrons. The molecule has 3 heterocycles. The predicted molar refractivity (Wildman–Crippen MR) is 145 cm³/mol. The number of nitrogens with zero attached hydrogens (tertiary/aromatic N) is 3. The van der Waals surface area contributed by atoms with Crippen LogP contribution in [-0.4, -0.2) is 20.7 Å². The van der Waals surface area contributed by atoms with Gasteiger partial charge in [-0.15, -0.1) is 22.7 Å². The molecule has 0 spiro atoms. The summed E-state index contributed by atoms with van der Waals surface area (Å²) in [4.78, 5) is 19.3. The summed E-state index contributed by atoms with van der Waals surface area (Å²) in [6.45, 7) is 1.96. The number of benzene rings is 3. The Morgan fingerprint density at radius 3 is 2.26 bits per heavy atom. The molecule has 0 bridgehead atoms. The summed E-state index contributed by atoms with van der Waals surface area (Å²) in [7, 11) is 0. The van der Waals surface area contributed by atoms with E-state index in [0.717, 1.165) is 38.4 Å². The SMILES string of the molecule is Cc1nn(-c2ccccc2)c2sc(C(=O)Nc3nc(-c4ccc(-c5ccccc5)cc4)cs3)cc12. The van der Waals surface area contributed by atoms with Crippen LogP contribution in [0.2, 0.25) is 0 Å². The molecule has 0 unspecified atom stereocenters. The van der Waals surface area contributed by atoms with Gasteiger partial charge in [0.1, 0.15) is 4.83 Å². The Balaban J connectivity index is 1.21. The van der Waals surface area contributed by atoms with Crippen molar-refractivity contribution in [1.29, 1.82) is 0 Å². The topological polar surface area (TPSA) is 59.8 Å². The fourth-order valence-electron chi connectivity index (χ4n) is 3.99. The van der Waals surface area contributed by atoms with E-state index in [1.165, 1.54) is 28.2 Å². The molecule has 1 amide bonds. The lowest BCUT2D eigenvalue weighted by atomic mass is 10.0. The lowest BCUT2D eigenvalue weighted by Gasteiger charge is -2.03. The largest absolute Gasteiger partial charge is 0.297 e. The number of anilines is 1. The molecule has 0 atom stereocenters. The van der Waals surface area contributed by atoms with Crippen molar-refractivity contribution in [2.24, 2.45) is 0 Å².